The van der Waals surface area contributed by atoms with Crippen LogP contribution in [0.5, 0.6) is 0 Å². The Kier molecular flexibility index (Phi) is 3.70. The molecule has 1 atom stereocenters. The van der Waals surface area contributed by atoms with Gasteiger partial charge in [0.05, 0.1) is 5.92 Å². The number of nitrogens with zero attached hydrogens (tertiary/aromatic N) is 1. The lowest BCUT2D eigenvalue weighted by Gasteiger charge is -2.24. The van der Waals surface area contributed by atoms with Crippen molar-refractivity contribution in [2.24, 2.45) is 0 Å². The van der Waals surface area contributed by atoms with Gasteiger partial charge in [-0.1, -0.05) is 41.9 Å². The van der Waals surface area contributed by atoms with Gasteiger partial charge in [-0.3, -0.25) is 4.79 Å². The summed E-state index contributed by atoms with van der Waals surface area (Å²) < 4.78 is 0. The molecule has 1 aromatic heterocycles. The molecule has 4 heteroatoms. The van der Waals surface area contributed by atoms with Crippen LogP contribution in [-0.2, 0) is 11.2 Å². The summed E-state index contributed by atoms with van der Waals surface area (Å²) in [5, 5.41) is 3.24. The molecule has 1 aliphatic rings. The fourth-order valence-electron chi connectivity index (χ4n) is 2.72. The summed E-state index contributed by atoms with van der Waals surface area (Å²) in [6, 6.07) is 13.4. The molecule has 3 nitrogen and oxygen atoms in total. The van der Waals surface area contributed by atoms with Crippen molar-refractivity contribution < 1.29 is 4.79 Å². The van der Waals surface area contributed by atoms with Gasteiger partial charge in [0.2, 0.25) is 5.91 Å². The average molecular weight is 287 g/mol. The Morgan fingerprint density at radius 3 is 2.90 bits per heavy atom. The van der Waals surface area contributed by atoms with Crippen LogP contribution in [0.2, 0.25) is 5.15 Å². The van der Waals surface area contributed by atoms with Crippen LogP contribution in [0.4, 0.5) is 5.82 Å². The van der Waals surface area contributed by atoms with Crippen LogP contribution in [0.15, 0.2) is 42.5 Å². The Balaban J connectivity index is 1.82. The minimum Gasteiger partial charge on any atom is -0.310 e. The second kappa shape index (κ2) is 5.63. The fraction of sp³-hybridized carbons (Fsp3) is 0.250. The third kappa shape index (κ3) is 2.68. The van der Waals surface area contributed by atoms with E-state index in [9.17, 15) is 4.79 Å². The maximum atomic E-state index is 12.4. The summed E-state index contributed by atoms with van der Waals surface area (Å²) in [5.74, 6) is 0.401. The lowest BCUT2D eigenvalue weighted by molar-refractivity contribution is -0.117. The molecule has 102 valence electrons. The third-order valence-corrected chi connectivity index (χ3v) is 3.86. The first-order chi connectivity index (χ1) is 9.74. The Morgan fingerprint density at radius 1 is 1.20 bits per heavy atom. The zero-order valence-electron chi connectivity index (χ0n) is 11.0. The van der Waals surface area contributed by atoms with Gasteiger partial charge in [0.25, 0.3) is 0 Å². The number of aromatic nitrogens is 1. The molecule has 0 radical (unpaired) electrons. The van der Waals surface area contributed by atoms with Crippen LogP contribution in [0, 0.1) is 0 Å². The average Bonchev–Trinajstić information content (AvgIpc) is 2.46. The summed E-state index contributed by atoms with van der Waals surface area (Å²) >= 11 is 5.83. The minimum atomic E-state index is -0.0965. The van der Waals surface area contributed by atoms with Gasteiger partial charge in [-0.05, 0) is 42.5 Å². The van der Waals surface area contributed by atoms with Crippen molar-refractivity contribution in [1.82, 2.24) is 4.98 Å². The van der Waals surface area contributed by atoms with E-state index >= 15 is 0 Å². The number of fused-ring (bicyclic) bond motifs is 1. The van der Waals surface area contributed by atoms with Crippen molar-refractivity contribution in [3.8, 4) is 0 Å². The summed E-state index contributed by atoms with van der Waals surface area (Å²) in [7, 11) is 0. The van der Waals surface area contributed by atoms with Gasteiger partial charge in [0.15, 0.2) is 0 Å². The maximum Gasteiger partial charge on any atom is 0.233 e. The molecule has 1 aromatic carbocycles. The number of benzene rings is 1. The second-order valence-electron chi connectivity index (χ2n) is 4.98. The van der Waals surface area contributed by atoms with Gasteiger partial charge < -0.3 is 5.32 Å². The first kappa shape index (κ1) is 13.1. The highest BCUT2D eigenvalue weighted by atomic mass is 35.5. The minimum absolute atomic E-state index is 0.00748. The lowest BCUT2D eigenvalue weighted by Crippen LogP contribution is -2.25. The molecule has 0 fully saturated rings. The van der Waals surface area contributed by atoms with E-state index in [1.165, 1.54) is 5.56 Å². The summed E-state index contributed by atoms with van der Waals surface area (Å²) in [5.41, 5.74) is 2.41. The van der Waals surface area contributed by atoms with Crippen LogP contribution >= 0.6 is 11.6 Å². The normalized spacial score (nSPS) is 17.4. The maximum absolute atomic E-state index is 12.4. The first-order valence-corrected chi connectivity index (χ1v) is 7.13. The smallest absolute Gasteiger partial charge is 0.233 e. The molecule has 3 rings (SSSR count). The number of carbonyl (C=O) groups excluding carboxylic acids is 1. The highest BCUT2D eigenvalue weighted by Gasteiger charge is 2.26. The van der Waals surface area contributed by atoms with E-state index < -0.39 is 0 Å². The highest BCUT2D eigenvalue weighted by Crippen LogP contribution is 2.32. The van der Waals surface area contributed by atoms with Crippen molar-refractivity contribution >= 4 is 23.3 Å². The van der Waals surface area contributed by atoms with E-state index in [1.807, 2.05) is 18.2 Å². The number of carbonyl (C=O) groups is 1. The molecule has 1 N–H and O–H groups in total. The van der Waals surface area contributed by atoms with Crippen molar-refractivity contribution in [3.63, 3.8) is 0 Å². The number of rotatable bonds is 2. The summed E-state index contributed by atoms with van der Waals surface area (Å²) in [6.45, 7) is 0. The van der Waals surface area contributed by atoms with E-state index in [2.05, 4.69) is 16.4 Å². The van der Waals surface area contributed by atoms with Crippen LogP contribution in [0.3, 0.4) is 0 Å². The number of hydrogen-bond donors (Lipinski definition) is 1. The van der Waals surface area contributed by atoms with Gasteiger partial charge in [0.1, 0.15) is 11.0 Å². The number of halogens is 1. The molecule has 2 aromatic rings. The Morgan fingerprint density at radius 2 is 2.05 bits per heavy atom. The van der Waals surface area contributed by atoms with Crippen LogP contribution in [0.25, 0.3) is 0 Å². The van der Waals surface area contributed by atoms with E-state index in [-0.39, 0.29) is 11.8 Å². The second-order valence-corrected chi connectivity index (χ2v) is 5.37. The molecular weight excluding hydrogens is 272 g/mol. The van der Waals surface area contributed by atoms with Gasteiger partial charge in [-0.15, -0.1) is 0 Å². The molecule has 0 saturated heterocycles. The SMILES string of the molecule is O=C(Nc1cccc(Cl)n1)C1CCCc2ccccc21. The first-order valence-electron chi connectivity index (χ1n) is 6.75. The molecule has 1 aliphatic carbocycles. The number of anilines is 1. The molecule has 0 bridgehead atoms. The predicted molar refractivity (Wildman–Crippen MR) is 80.0 cm³/mol. The number of aryl methyl sites for hydroxylation is 1. The zero-order valence-corrected chi connectivity index (χ0v) is 11.7. The molecule has 0 saturated carbocycles. The molecular formula is C16H15ClN2O. The largest absolute Gasteiger partial charge is 0.310 e. The van der Waals surface area contributed by atoms with Crippen LogP contribution < -0.4 is 5.32 Å². The van der Waals surface area contributed by atoms with Crippen LogP contribution in [0.1, 0.15) is 29.9 Å². The Bertz CT molecular complexity index is 642. The molecule has 1 heterocycles. The van der Waals surface area contributed by atoms with Gasteiger partial charge >= 0.3 is 0 Å². The van der Waals surface area contributed by atoms with Crippen molar-refractivity contribution in [2.75, 3.05) is 5.32 Å². The monoisotopic (exact) mass is 286 g/mol. The predicted octanol–water partition coefficient (Wildman–Crippen LogP) is 3.79. The summed E-state index contributed by atoms with van der Waals surface area (Å²) in [4.78, 5) is 16.5. The molecule has 1 amide bonds. The van der Waals surface area contributed by atoms with Gasteiger partial charge in [-0.2, -0.15) is 0 Å². The van der Waals surface area contributed by atoms with E-state index in [0.29, 0.717) is 11.0 Å². The van der Waals surface area contributed by atoms with E-state index in [4.69, 9.17) is 11.6 Å². The lowest BCUT2D eigenvalue weighted by atomic mass is 9.82. The molecule has 0 spiro atoms. The number of pyridine rings is 1. The van der Waals surface area contributed by atoms with Gasteiger partial charge in [-0.25, -0.2) is 4.98 Å². The van der Waals surface area contributed by atoms with Crippen LogP contribution in [-0.4, -0.2) is 10.9 Å². The quantitative estimate of drug-likeness (QED) is 0.853. The number of nitrogens with one attached hydrogen (secondary N) is 1. The topological polar surface area (TPSA) is 42.0 Å². The molecule has 20 heavy (non-hydrogen) atoms. The fourth-order valence-corrected chi connectivity index (χ4v) is 2.88. The van der Waals surface area contributed by atoms with Crippen molar-refractivity contribution in [1.29, 1.82) is 0 Å². The number of hydrogen-bond acceptors (Lipinski definition) is 2. The third-order valence-electron chi connectivity index (χ3n) is 3.65. The highest BCUT2D eigenvalue weighted by molar-refractivity contribution is 6.29. The Hall–Kier alpha value is -1.87. The molecule has 1 unspecified atom stereocenters. The zero-order chi connectivity index (χ0) is 13.9. The molecule has 0 aliphatic heterocycles. The van der Waals surface area contributed by atoms with Crippen molar-refractivity contribution in [2.45, 2.75) is 25.2 Å². The number of amides is 1. The van der Waals surface area contributed by atoms with Gasteiger partial charge in [0, 0.05) is 0 Å². The summed E-state index contributed by atoms with van der Waals surface area (Å²) in [6.07, 6.45) is 2.97. The van der Waals surface area contributed by atoms with E-state index in [0.717, 1.165) is 24.8 Å². The standard InChI is InChI=1S/C16H15ClN2O/c17-14-9-4-10-15(18-14)19-16(20)13-8-3-6-11-5-1-2-7-12(11)13/h1-2,4-5,7,9-10,13H,3,6,8H2,(H,18,19,20). The van der Waals surface area contributed by atoms with E-state index in [1.54, 1.807) is 18.2 Å². The Labute approximate surface area is 123 Å². The van der Waals surface area contributed by atoms with Crippen molar-refractivity contribution in [3.05, 3.63) is 58.7 Å².